The van der Waals surface area contributed by atoms with Crippen molar-refractivity contribution in [1.29, 1.82) is 0 Å². The first-order valence-corrected chi connectivity index (χ1v) is 28.2. The van der Waals surface area contributed by atoms with Crippen LogP contribution in [0.3, 0.4) is 0 Å². The van der Waals surface area contributed by atoms with Gasteiger partial charge in [-0.3, -0.25) is 0 Å². The van der Waals surface area contributed by atoms with Gasteiger partial charge in [0.05, 0.1) is 11.3 Å². The molecule has 0 saturated heterocycles. The van der Waals surface area contributed by atoms with Gasteiger partial charge in [-0.15, -0.1) is 18.2 Å². The number of hydrogen-bond donors (Lipinski definition) is 0. The molecule has 8 rings (SSSR count). The van der Waals surface area contributed by atoms with Crippen LogP contribution in [0.25, 0.3) is 55.8 Å². The van der Waals surface area contributed by atoms with Crippen molar-refractivity contribution in [2.24, 2.45) is 11.3 Å². The summed E-state index contributed by atoms with van der Waals surface area (Å²) in [5, 5.41) is 2.08. The molecule has 0 atom stereocenters. The van der Waals surface area contributed by atoms with E-state index in [-0.39, 0.29) is 30.9 Å². The Kier molecular flexibility index (Phi) is 13.7. The molecule has 4 heterocycles. The fraction of sp³-hybridized carbons (Fsp3) is 0.365. The van der Waals surface area contributed by atoms with Crippen molar-refractivity contribution in [2.45, 2.75) is 109 Å². The summed E-state index contributed by atoms with van der Waals surface area (Å²) in [6.45, 7) is 13.7. The van der Waals surface area contributed by atoms with Crippen LogP contribution in [0.1, 0.15) is 90.3 Å². The molecule has 3 aromatic carbocycles. The molecular weight excluding hydrogens is 947 g/mol. The zero-order chi connectivity index (χ0) is 40.4. The number of pyridine rings is 3. The van der Waals surface area contributed by atoms with E-state index in [4.69, 9.17) is 14.4 Å². The van der Waals surface area contributed by atoms with E-state index >= 15 is 0 Å². The molecule has 6 heteroatoms. The van der Waals surface area contributed by atoms with E-state index in [0.29, 0.717) is 5.71 Å². The zero-order valence-corrected chi connectivity index (χ0v) is 40.4. The van der Waals surface area contributed by atoms with Crippen molar-refractivity contribution < 1.29 is 24.5 Å². The summed E-state index contributed by atoms with van der Waals surface area (Å²) in [6.07, 6.45) is 13.1. The van der Waals surface area contributed by atoms with E-state index in [0.717, 1.165) is 68.9 Å². The van der Waals surface area contributed by atoms with Crippen LogP contribution in [0.15, 0.2) is 108 Å². The molecule has 0 bridgehead atoms. The molecule has 58 heavy (non-hydrogen) atoms. The van der Waals surface area contributed by atoms with Gasteiger partial charge in [-0.2, -0.15) is 0 Å². The molecule has 0 aliphatic heterocycles. The predicted octanol–water partition coefficient (Wildman–Crippen LogP) is 13.6. The second-order valence-corrected chi connectivity index (χ2v) is 29.9. The van der Waals surface area contributed by atoms with E-state index < -0.39 is 13.3 Å². The molecule has 0 unspecified atom stereocenters. The normalized spacial score (nSPS) is 13.9. The van der Waals surface area contributed by atoms with Crippen molar-refractivity contribution >= 4 is 39.7 Å². The van der Waals surface area contributed by atoms with Crippen LogP contribution in [0.4, 0.5) is 0 Å². The van der Waals surface area contributed by atoms with E-state index in [1.807, 2.05) is 36.5 Å². The number of benzene rings is 3. The minimum atomic E-state index is -1.95. The molecule has 0 spiro atoms. The van der Waals surface area contributed by atoms with E-state index in [2.05, 4.69) is 143 Å². The third-order valence-corrected chi connectivity index (χ3v) is 15.5. The van der Waals surface area contributed by atoms with Gasteiger partial charge in [-0.25, -0.2) is 4.98 Å². The minimum Gasteiger partial charge on any atom is -0.486 e. The first kappa shape index (κ1) is 43.7. The van der Waals surface area contributed by atoms with Crippen molar-refractivity contribution in [2.75, 3.05) is 0 Å². The van der Waals surface area contributed by atoms with Gasteiger partial charge in [0.1, 0.15) is 0 Å². The average molecular weight is 1010 g/mol. The van der Waals surface area contributed by atoms with Gasteiger partial charge in [0.15, 0.2) is 0 Å². The molecule has 1 saturated carbocycles. The van der Waals surface area contributed by atoms with Gasteiger partial charge >= 0.3 is 158 Å². The number of rotatable bonds is 7. The molecule has 7 aromatic rings. The Bertz CT molecular complexity index is 2460. The summed E-state index contributed by atoms with van der Waals surface area (Å²) in [4.78, 5) is 14.3. The average Bonchev–Trinajstić information content (AvgIpc) is 3.56. The molecule has 0 amide bonds. The Morgan fingerprint density at radius 2 is 1.48 bits per heavy atom. The number of aromatic nitrogens is 3. The molecule has 303 valence electrons. The quantitative estimate of drug-likeness (QED) is 0.118. The predicted molar refractivity (Wildman–Crippen MR) is 243 cm³/mol. The molecule has 1 fully saturated rings. The largest absolute Gasteiger partial charge is 0.486 e. The first-order chi connectivity index (χ1) is 27.1. The van der Waals surface area contributed by atoms with Gasteiger partial charge in [-0.05, 0) is 36.2 Å². The Labute approximate surface area is 363 Å². The maximum atomic E-state index is 6.31. The number of hydrogen-bond acceptors (Lipinski definition) is 4. The van der Waals surface area contributed by atoms with Gasteiger partial charge in [0.2, 0.25) is 5.71 Å². The molecule has 4 aromatic heterocycles. The number of furan rings is 1. The molecule has 1 aliphatic carbocycles. The van der Waals surface area contributed by atoms with Crippen LogP contribution in [0, 0.1) is 23.5 Å². The number of nitrogens with zero attached hydrogens (tertiary/aromatic N) is 3. The molecular formula is C52H59GeIrN3O-2. The topological polar surface area (TPSA) is 51.8 Å². The SMILES string of the molecule is CC(C)(C)Cc1cc(-c2[c-]ccc(C(C)(C)C)c2)nc[c]1[Ge]([CH3])([CH3])[CH3].[Ir].[c-]1ccc2c(oc3nc(-c4ccccc4)ccc32)c1-c1cc(CC2CCCCC2)ccn1. The van der Waals surface area contributed by atoms with Crippen molar-refractivity contribution in [3.63, 3.8) is 0 Å². The minimum absolute atomic E-state index is 0. The molecule has 1 aliphatic rings. The van der Waals surface area contributed by atoms with E-state index in [1.165, 1.54) is 53.2 Å². The van der Waals surface area contributed by atoms with Gasteiger partial charge in [-0.1, -0.05) is 85.0 Å². The summed E-state index contributed by atoms with van der Waals surface area (Å²) in [5.41, 5.74) is 12.0. The van der Waals surface area contributed by atoms with Gasteiger partial charge < -0.3 is 9.40 Å². The molecule has 4 nitrogen and oxygen atoms in total. The van der Waals surface area contributed by atoms with Crippen LogP contribution in [0.5, 0.6) is 0 Å². The second-order valence-electron chi connectivity index (χ2n) is 19.3. The summed E-state index contributed by atoms with van der Waals surface area (Å²) < 4.78 is 7.84. The summed E-state index contributed by atoms with van der Waals surface area (Å²) in [7, 11) is 0. The maximum absolute atomic E-state index is 6.31. The maximum Gasteiger partial charge on any atom is 0.216 e. The Morgan fingerprint density at radius 3 is 2.19 bits per heavy atom. The van der Waals surface area contributed by atoms with E-state index in [1.54, 1.807) is 0 Å². The number of fused-ring (bicyclic) bond motifs is 3. The summed E-state index contributed by atoms with van der Waals surface area (Å²) in [6, 6.07) is 38.3. The van der Waals surface area contributed by atoms with Crippen molar-refractivity contribution in [3.8, 4) is 33.8 Å². The third-order valence-electron chi connectivity index (χ3n) is 11.2. The van der Waals surface area contributed by atoms with Crippen LogP contribution in [0.2, 0.25) is 17.3 Å². The smallest absolute Gasteiger partial charge is 0.216 e. The fourth-order valence-electron chi connectivity index (χ4n) is 8.16. The third kappa shape index (κ3) is 10.6. The van der Waals surface area contributed by atoms with Gasteiger partial charge in [0, 0.05) is 37.3 Å². The molecule has 0 N–H and O–H groups in total. The second kappa shape index (κ2) is 18.2. The van der Waals surface area contributed by atoms with Gasteiger partial charge in [0.25, 0.3) is 0 Å². The fourth-order valence-corrected chi connectivity index (χ4v) is 11.5. The Morgan fingerprint density at radius 1 is 0.741 bits per heavy atom. The van der Waals surface area contributed by atoms with Crippen molar-refractivity contribution in [3.05, 3.63) is 132 Å². The summed E-state index contributed by atoms with van der Waals surface area (Å²) in [5.74, 6) is 8.16. The Hall–Kier alpha value is -3.90. The Balaban J connectivity index is 0.000000199. The van der Waals surface area contributed by atoms with E-state index in [9.17, 15) is 0 Å². The monoisotopic (exact) mass is 1010 g/mol. The van der Waals surface area contributed by atoms with Crippen molar-refractivity contribution in [1.82, 2.24) is 15.0 Å². The van der Waals surface area contributed by atoms with Crippen LogP contribution >= 0.6 is 0 Å². The standard InChI is InChI=1S/C29H25N2O.C23H34GeN.Ir/c1-3-8-20(9-4-1)18-21-16-17-30-27(19-21)25-13-7-12-23-24-14-15-26(22-10-5-2-6-11-22)31-29(24)32-28(23)25;1-22(2,3)15-18-14-21(25-16-20(18)24(7,8)9)17-11-10-12-19(13-17)23(4,5)6;/h2,5-7,10-12,14-17,19-20H,1,3-4,8-9,18H2;10,12-14,16H,15H2,1-9H3;/q2*-1;. The van der Waals surface area contributed by atoms with Crippen LogP contribution in [-0.2, 0) is 38.4 Å². The first-order valence-electron chi connectivity index (χ1n) is 20.9. The summed E-state index contributed by atoms with van der Waals surface area (Å²) >= 11 is -1.95. The molecule has 1 radical (unpaired) electrons. The van der Waals surface area contributed by atoms with Crippen LogP contribution < -0.4 is 4.40 Å². The zero-order valence-electron chi connectivity index (χ0n) is 35.9. The van der Waals surface area contributed by atoms with Crippen LogP contribution in [-0.4, -0.2) is 28.2 Å².